The zero-order valence-electron chi connectivity index (χ0n) is 20.9. The number of alkyl halides is 3. The quantitative estimate of drug-likeness (QED) is 0.239. The zero-order valence-corrected chi connectivity index (χ0v) is 23.2. The summed E-state index contributed by atoms with van der Waals surface area (Å²) >= 11 is 12.7. The third-order valence-corrected chi connectivity index (χ3v) is 6.38. The highest BCUT2D eigenvalue weighted by Gasteiger charge is 2.34. The molecule has 9 nitrogen and oxygen atoms in total. The summed E-state index contributed by atoms with van der Waals surface area (Å²) < 4.78 is 39.1. The fourth-order valence-electron chi connectivity index (χ4n) is 2.75. The van der Waals surface area contributed by atoms with Gasteiger partial charge in [-0.1, -0.05) is 43.0 Å². The van der Waals surface area contributed by atoms with Crippen LogP contribution in [0.3, 0.4) is 0 Å². The number of rotatable bonds is 7. The number of thiazole rings is 1. The van der Waals surface area contributed by atoms with E-state index in [2.05, 4.69) is 42.4 Å². The number of unbranched alkanes of at least 4 members (excludes halogenated alkanes) is 1. The second-order valence-corrected chi connectivity index (χ2v) is 9.12. The molecular weight excluding hydrogens is 580 g/mol. The third-order valence-electron chi connectivity index (χ3n) is 4.54. The van der Waals surface area contributed by atoms with E-state index in [0.29, 0.717) is 23.9 Å². The second-order valence-electron chi connectivity index (χ2n) is 7.27. The van der Waals surface area contributed by atoms with Crippen LogP contribution in [0.15, 0.2) is 24.8 Å². The number of carbonyl (C=O) groups excluding carboxylic acids is 2. The molecule has 39 heavy (non-hydrogen) atoms. The second kappa shape index (κ2) is 14.7. The Morgan fingerprint density at radius 3 is 2.51 bits per heavy atom. The molecule has 0 saturated carbocycles. The number of amides is 2. The van der Waals surface area contributed by atoms with E-state index in [0.717, 1.165) is 23.9 Å². The van der Waals surface area contributed by atoms with E-state index in [1.165, 1.54) is 6.20 Å². The molecule has 1 unspecified atom stereocenters. The van der Waals surface area contributed by atoms with Gasteiger partial charge in [-0.05, 0) is 25.3 Å². The first-order valence-corrected chi connectivity index (χ1v) is 13.0. The van der Waals surface area contributed by atoms with Gasteiger partial charge < -0.3 is 15.7 Å². The van der Waals surface area contributed by atoms with Crippen LogP contribution < -0.4 is 10.6 Å². The molecule has 208 valence electrons. The fourth-order valence-corrected chi connectivity index (χ4v) is 4.01. The summed E-state index contributed by atoms with van der Waals surface area (Å²) in [5.74, 6) is 3.80. The number of nitrogens with one attached hydrogen (secondary N) is 2. The fraction of sp³-hybridized carbons (Fsp3) is 0.333. The molecule has 3 aromatic rings. The van der Waals surface area contributed by atoms with Crippen LogP contribution in [0.25, 0.3) is 0 Å². The topological polar surface area (TPSA) is 130 Å². The van der Waals surface area contributed by atoms with Crippen molar-refractivity contribution in [1.82, 2.24) is 25.3 Å². The summed E-state index contributed by atoms with van der Waals surface area (Å²) in [6.45, 7) is 5.61. The molecule has 0 fully saturated rings. The van der Waals surface area contributed by atoms with Gasteiger partial charge in [-0.2, -0.15) is 13.2 Å². The van der Waals surface area contributed by atoms with Crippen molar-refractivity contribution in [2.24, 2.45) is 0 Å². The number of aromatic nitrogens is 4. The molecule has 3 rings (SSSR count). The molecule has 0 spiro atoms. The lowest BCUT2D eigenvalue weighted by Gasteiger charge is -2.12. The summed E-state index contributed by atoms with van der Waals surface area (Å²) in [5, 5.41) is 13.4. The van der Waals surface area contributed by atoms with Gasteiger partial charge in [-0.25, -0.2) is 19.9 Å². The van der Waals surface area contributed by atoms with Crippen LogP contribution in [0.1, 0.15) is 76.1 Å². The van der Waals surface area contributed by atoms with Gasteiger partial charge in [0.15, 0.2) is 5.69 Å². The van der Waals surface area contributed by atoms with Crippen LogP contribution >= 0.6 is 34.5 Å². The zero-order chi connectivity index (χ0) is 29.2. The van der Waals surface area contributed by atoms with Gasteiger partial charge in [0.25, 0.3) is 11.8 Å². The standard InChI is InChI=1S/C22H17Cl2F3N6O3S.C2H6/c1-11(32-20(36)18-17(24)14(30-10-31-18)5-3-2-4-6-34)21-29-9-15(37-21)19(35)33-16-7-12(22(25,26)27)13(23)8-28-16;1-2/h7-11,34H,2,4,6H2,1H3,(H,32,36)(H,28,33,35);1-2H3. The number of pyridine rings is 1. The monoisotopic (exact) mass is 602 g/mol. The van der Waals surface area contributed by atoms with E-state index in [1.807, 2.05) is 13.8 Å². The van der Waals surface area contributed by atoms with Crippen molar-refractivity contribution in [2.75, 3.05) is 11.9 Å². The van der Waals surface area contributed by atoms with Gasteiger partial charge in [0.1, 0.15) is 32.7 Å². The number of hydrogen-bond acceptors (Lipinski definition) is 8. The Morgan fingerprint density at radius 1 is 1.13 bits per heavy atom. The molecule has 3 heterocycles. The van der Waals surface area contributed by atoms with Crippen LogP contribution in [-0.4, -0.2) is 43.5 Å². The van der Waals surface area contributed by atoms with Crippen molar-refractivity contribution in [3.05, 3.63) is 61.7 Å². The van der Waals surface area contributed by atoms with Crippen molar-refractivity contribution >= 4 is 52.2 Å². The van der Waals surface area contributed by atoms with Crippen molar-refractivity contribution in [2.45, 2.75) is 45.8 Å². The molecule has 0 radical (unpaired) electrons. The molecule has 15 heteroatoms. The average Bonchev–Trinajstić information content (AvgIpc) is 3.40. The number of hydrogen-bond donors (Lipinski definition) is 3. The van der Waals surface area contributed by atoms with Crippen LogP contribution in [0.4, 0.5) is 19.0 Å². The summed E-state index contributed by atoms with van der Waals surface area (Å²) in [7, 11) is 0. The van der Waals surface area contributed by atoms with Crippen LogP contribution in [0.5, 0.6) is 0 Å². The minimum Gasteiger partial charge on any atom is -0.396 e. The Balaban J connectivity index is 0.00000260. The Labute approximate surface area is 236 Å². The number of anilines is 1. The van der Waals surface area contributed by atoms with E-state index in [-0.39, 0.29) is 33.7 Å². The van der Waals surface area contributed by atoms with Crippen LogP contribution in [0.2, 0.25) is 10.0 Å². The van der Waals surface area contributed by atoms with Crippen LogP contribution in [-0.2, 0) is 6.18 Å². The number of halogens is 5. The molecule has 0 aliphatic carbocycles. The predicted molar refractivity (Wildman–Crippen MR) is 142 cm³/mol. The molecule has 0 saturated heterocycles. The molecular formula is C24H23Cl2F3N6O3S. The predicted octanol–water partition coefficient (Wildman–Crippen LogP) is 5.55. The number of nitrogens with zero attached hydrogens (tertiary/aromatic N) is 4. The van der Waals surface area contributed by atoms with Gasteiger partial charge in [-0.3, -0.25) is 9.59 Å². The Morgan fingerprint density at radius 2 is 1.85 bits per heavy atom. The van der Waals surface area contributed by atoms with E-state index in [1.54, 1.807) is 6.92 Å². The van der Waals surface area contributed by atoms with Gasteiger partial charge in [0.05, 0.1) is 22.8 Å². The summed E-state index contributed by atoms with van der Waals surface area (Å²) in [6, 6.07) is -0.0449. The van der Waals surface area contributed by atoms with Gasteiger partial charge >= 0.3 is 6.18 Å². The first-order chi connectivity index (χ1) is 18.5. The van der Waals surface area contributed by atoms with Crippen LogP contribution in [0, 0.1) is 11.8 Å². The first-order valence-electron chi connectivity index (χ1n) is 11.4. The molecule has 0 bridgehead atoms. The normalized spacial score (nSPS) is 11.4. The molecule has 3 aromatic heterocycles. The summed E-state index contributed by atoms with van der Waals surface area (Å²) in [5.41, 5.74) is -1.09. The van der Waals surface area contributed by atoms with Crippen molar-refractivity contribution in [3.8, 4) is 11.8 Å². The maximum atomic E-state index is 13.0. The molecule has 0 aliphatic heterocycles. The Kier molecular flexibility index (Phi) is 12.1. The van der Waals surface area contributed by atoms with E-state index in [4.69, 9.17) is 28.3 Å². The molecule has 3 N–H and O–H groups in total. The van der Waals surface area contributed by atoms with Gasteiger partial charge in [-0.15, -0.1) is 11.3 Å². The SMILES string of the molecule is CC.CC(NC(=O)c1ncnc(C#CCCCO)c1Cl)c1ncc(C(=O)Nc2cc(C(F)(F)F)c(Cl)cn2)s1. The van der Waals surface area contributed by atoms with Crippen molar-refractivity contribution in [3.63, 3.8) is 0 Å². The number of aliphatic hydroxyl groups is 1. The molecule has 1 atom stereocenters. The van der Waals surface area contributed by atoms with Crippen molar-refractivity contribution in [1.29, 1.82) is 0 Å². The van der Waals surface area contributed by atoms with Crippen molar-refractivity contribution < 1.29 is 27.9 Å². The minimum absolute atomic E-state index is 0.00509. The highest BCUT2D eigenvalue weighted by Crippen LogP contribution is 2.35. The summed E-state index contributed by atoms with van der Waals surface area (Å²) in [4.78, 5) is 40.9. The van der Waals surface area contributed by atoms with E-state index in [9.17, 15) is 22.8 Å². The molecule has 0 aliphatic rings. The number of carbonyl (C=O) groups is 2. The Hall–Kier alpha value is -3.31. The third kappa shape index (κ3) is 8.86. The highest BCUT2D eigenvalue weighted by molar-refractivity contribution is 7.13. The minimum atomic E-state index is -4.72. The maximum Gasteiger partial charge on any atom is 0.418 e. The molecule has 2 amide bonds. The van der Waals surface area contributed by atoms with E-state index < -0.39 is 34.6 Å². The maximum absolute atomic E-state index is 13.0. The first kappa shape index (κ1) is 31.9. The highest BCUT2D eigenvalue weighted by atomic mass is 35.5. The van der Waals surface area contributed by atoms with Gasteiger partial charge in [0.2, 0.25) is 0 Å². The number of aliphatic hydroxyl groups excluding tert-OH is 1. The summed E-state index contributed by atoms with van der Waals surface area (Å²) in [6.07, 6.45) is -0.657. The lowest BCUT2D eigenvalue weighted by molar-refractivity contribution is -0.137. The lowest BCUT2D eigenvalue weighted by Crippen LogP contribution is -2.28. The molecule has 0 aromatic carbocycles. The lowest BCUT2D eigenvalue weighted by atomic mass is 10.2. The average molecular weight is 603 g/mol. The van der Waals surface area contributed by atoms with E-state index >= 15 is 0 Å². The largest absolute Gasteiger partial charge is 0.418 e. The Bertz CT molecular complexity index is 1380. The van der Waals surface area contributed by atoms with Gasteiger partial charge in [0, 0.05) is 19.2 Å². The smallest absolute Gasteiger partial charge is 0.396 e.